The van der Waals surface area contributed by atoms with Gasteiger partial charge in [0.15, 0.2) is 0 Å². The van der Waals surface area contributed by atoms with Gasteiger partial charge in [0.1, 0.15) is 0 Å². The number of anilines is 1. The molecule has 0 bridgehead atoms. The molecule has 0 aromatic heterocycles. The molecule has 4 nitrogen and oxygen atoms in total. The van der Waals surface area contributed by atoms with Crippen molar-refractivity contribution in [2.75, 3.05) is 25.6 Å². The molecule has 0 fully saturated rings. The molecule has 0 radical (unpaired) electrons. The van der Waals surface area contributed by atoms with Crippen molar-refractivity contribution >= 4 is 11.6 Å². The van der Waals surface area contributed by atoms with Crippen molar-refractivity contribution in [2.45, 2.75) is 18.9 Å². The Bertz CT molecular complexity index is 393. The highest BCUT2D eigenvalue weighted by Crippen LogP contribution is 2.21. The van der Waals surface area contributed by atoms with Crippen LogP contribution in [0.15, 0.2) is 24.3 Å². The van der Waals surface area contributed by atoms with Gasteiger partial charge in [0, 0.05) is 19.3 Å². The maximum absolute atomic E-state index is 12.0. The van der Waals surface area contributed by atoms with Crippen molar-refractivity contribution in [3.8, 4) is 0 Å². The third-order valence-electron chi connectivity index (χ3n) is 2.99. The standard InChI is InChI=1S/C13H18N2O2/c1-17-9-8-14-12-7-6-10-4-2-3-5-11(10)15-13(12)16/h2-5,12,14H,6-9H2,1H3,(H,15,16). The molecule has 1 aliphatic heterocycles. The summed E-state index contributed by atoms with van der Waals surface area (Å²) in [4.78, 5) is 12.0. The fourth-order valence-electron chi connectivity index (χ4n) is 2.04. The van der Waals surface area contributed by atoms with Crippen molar-refractivity contribution in [1.29, 1.82) is 0 Å². The van der Waals surface area contributed by atoms with E-state index in [4.69, 9.17) is 4.74 Å². The monoisotopic (exact) mass is 234 g/mol. The second-order valence-corrected chi connectivity index (χ2v) is 4.18. The average Bonchev–Trinajstić information content (AvgIpc) is 2.49. The second-order valence-electron chi connectivity index (χ2n) is 4.18. The second kappa shape index (κ2) is 5.80. The number of aryl methyl sites for hydroxylation is 1. The fourth-order valence-corrected chi connectivity index (χ4v) is 2.04. The number of benzene rings is 1. The Morgan fingerprint density at radius 3 is 3.12 bits per heavy atom. The normalized spacial score (nSPS) is 19.4. The topological polar surface area (TPSA) is 50.4 Å². The molecular formula is C13H18N2O2. The number of hydrogen-bond donors (Lipinski definition) is 2. The van der Waals surface area contributed by atoms with Crippen LogP contribution < -0.4 is 10.6 Å². The predicted octanol–water partition coefficient (Wildman–Crippen LogP) is 1.18. The van der Waals surface area contributed by atoms with Gasteiger partial charge in [-0.15, -0.1) is 0 Å². The van der Waals surface area contributed by atoms with E-state index in [0.717, 1.165) is 18.5 Å². The number of nitrogens with one attached hydrogen (secondary N) is 2. The summed E-state index contributed by atoms with van der Waals surface area (Å²) < 4.78 is 4.97. The molecule has 1 aromatic rings. The van der Waals surface area contributed by atoms with E-state index in [0.29, 0.717) is 13.2 Å². The highest BCUT2D eigenvalue weighted by molar-refractivity contribution is 5.96. The van der Waals surface area contributed by atoms with E-state index in [-0.39, 0.29) is 11.9 Å². The van der Waals surface area contributed by atoms with E-state index in [1.807, 2.05) is 18.2 Å². The van der Waals surface area contributed by atoms with Crippen LogP contribution in [0, 0.1) is 0 Å². The number of methoxy groups -OCH3 is 1. The van der Waals surface area contributed by atoms with E-state index in [2.05, 4.69) is 16.7 Å². The van der Waals surface area contributed by atoms with Crippen LogP contribution in [0.25, 0.3) is 0 Å². The number of fused-ring (bicyclic) bond motifs is 1. The number of amides is 1. The first-order valence-corrected chi connectivity index (χ1v) is 5.92. The smallest absolute Gasteiger partial charge is 0.241 e. The molecule has 1 unspecified atom stereocenters. The van der Waals surface area contributed by atoms with Crippen molar-refractivity contribution in [3.05, 3.63) is 29.8 Å². The molecule has 1 amide bonds. The highest BCUT2D eigenvalue weighted by Gasteiger charge is 2.22. The highest BCUT2D eigenvalue weighted by atomic mass is 16.5. The summed E-state index contributed by atoms with van der Waals surface area (Å²) in [5, 5.41) is 6.17. The Hall–Kier alpha value is -1.39. The molecule has 0 aliphatic carbocycles. The molecule has 1 atom stereocenters. The van der Waals surface area contributed by atoms with Crippen molar-refractivity contribution in [3.63, 3.8) is 0 Å². The molecule has 2 N–H and O–H groups in total. The van der Waals surface area contributed by atoms with Gasteiger partial charge in [-0.25, -0.2) is 0 Å². The fraction of sp³-hybridized carbons (Fsp3) is 0.462. The van der Waals surface area contributed by atoms with E-state index in [1.165, 1.54) is 5.56 Å². The summed E-state index contributed by atoms with van der Waals surface area (Å²) in [5.74, 6) is 0.0473. The summed E-state index contributed by atoms with van der Waals surface area (Å²) in [6.07, 6.45) is 1.74. The van der Waals surface area contributed by atoms with Gasteiger partial charge in [0.25, 0.3) is 0 Å². The molecule has 1 heterocycles. The Balaban J connectivity index is 2.00. The third kappa shape index (κ3) is 3.05. The maximum atomic E-state index is 12.0. The first kappa shape index (κ1) is 12.1. The summed E-state index contributed by atoms with van der Waals surface area (Å²) in [6.45, 7) is 1.32. The van der Waals surface area contributed by atoms with Crippen molar-refractivity contribution in [2.24, 2.45) is 0 Å². The lowest BCUT2D eigenvalue weighted by molar-refractivity contribution is -0.118. The first-order chi connectivity index (χ1) is 8.31. The predicted molar refractivity (Wildman–Crippen MR) is 67.1 cm³/mol. The third-order valence-corrected chi connectivity index (χ3v) is 2.99. The number of rotatable bonds is 4. The lowest BCUT2D eigenvalue weighted by atomic mass is 10.1. The number of carbonyl (C=O) groups is 1. The minimum Gasteiger partial charge on any atom is -0.383 e. The van der Waals surface area contributed by atoms with Crippen LogP contribution in [-0.2, 0) is 16.0 Å². The molecule has 1 aliphatic rings. The summed E-state index contributed by atoms with van der Waals surface area (Å²) in [7, 11) is 1.66. The largest absolute Gasteiger partial charge is 0.383 e. The van der Waals surface area contributed by atoms with Crippen LogP contribution in [0.5, 0.6) is 0 Å². The zero-order valence-electron chi connectivity index (χ0n) is 10.0. The molecule has 2 rings (SSSR count). The molecule has 4 heteroatoms. The number of carbonyl (C=O) groups excluding carboxylic acids is 1. The van der Waals surface area contributed by atoms with Crippen LogP contribution >= 0.6 is 0 Å². The first-order valence-electron chi connectivity index (χ1n) is 5.92. The molecule has 1 aromatic carbocycles. The average molecular weight is 234 g/mol. The minimum absolute atomic E-state index is 0.0473. The number of para-hydroxylation sites is 1. The van der Waals surface area contributed by atoms with Gasteiger partial charge in [-0.05, 0) is 24.5 Å². The van der Waals surface area contributed by atoms with Gasteiger partial charge in [-0.2, -0.15) is 0 Å². The summed E-state index contributed by atoms with van der Waals surface area (Å²) in [5.41, 5.74) is 2.14. The SMILES string of the molecule is COCCNC1CCc2ccccc2NC1=O. The van der Waals surface area contributed by atoms with Crippen molar-refractivity contribution in [1.82, 2.24) is 5.32 Å². The van der Waals surface area contributed by atoms with Gasteiger partial charge in [-0.3, -0.25) is 4.79 Å². The van der Waals surface area contributed by atoms with Gasteiger partial charge in [0.2, 0.25) is 5.91 Å². The molecule has 0 saturated heterocycles. The Morgan fingerprint density at radius 2 is 2.29 bits per heavy atom. The van der Waals surface area contributed by atoms with Gasteiger partial charge in [-0.1, -0.05) is 18.2 Å². The minimum atomic E-state index is -0.127. The summed E-state index contributed by atoms with van der Waals surface area (Å²) in [6, 6.07) is 7.83. The van der Waals surface area contributed by atoms with Crippen LogP contribution in [0.4, 0.5) is 5.69 Å². The van der Waals surface area contributed by atoms with E-state index < -0.39 is 0 Å². The molecule has 0 saturated carbocycles. The zero-order valence-corrected chi connectivity index (χ0v) is 10.0. The van der Waals surface area contributed by atoms with E-state index >= 15 is 0 Å². The van der Waals surface area contributed by atoms with Crippen LogP contribution in [0.2, 0.25) is 0 Å². The zero-order chi connectivity index (χ0) is 12.1. The maximum Gasteiger partial charge on any atom is 0.241 e. The van der Waals surface area contributed by atoms with Gasteiger partial charge < -0.3 is 15.4 Å². The number of ether oxygens (including phenoxy) is 1. The lowest BCUT2D eigenvalue weighted by Crippen LogP contribution is -2.41. The molecule has 17 heavy (non-hydrogen) atoms. The van der Waals surface area contributed by atoms with Gasteiger partial charge >= 0.3 is 0 Å². The Kier molecular flexibility index (Phi) is 4.12. The quantitative estimate of drug-likeness (QED) is 0.769. The van der Waals surface area contributed by atoms with E-state index in [1.54, 1.807) is 7.11 Å². The Morgan fingerprint density at radius 1 is 1.47 bits per heavy atom. The molecule has 0 spiro atoms. The molecular weight excluding hydrogens is 216 g/mol. The number of hydrogen-bond acceptors (Lipinski definition) is 3. The molecule has 92 valence electrons. The van der Waals surface area contributed by atoms with Crippen LogP contribution in [0.3, 0.4) is 0 Å². The van der Waals surface area contributed by atoms with E-state index in [9.17, 15) is 4.79 Å². The van der Waals surface area contributed by atoms with Crippen LogP contribution in [0.1, 0.15) is 12.0 Å². The van der Waals surface area contributed by atoms with Crippen LogP contribution in [-0.4, -0.2) is 32.2 Å². The Labute approximate surface area is 101 Å². The lowest BCUT2D eigenvalue weighted by Gasteiger charge is -2.14. The van der Waals surface area contributed by atoms with Crippen molar-refractivity contribution < 1.29 is 9.53 Å². The van der Waals surface area contributed by atoms with Gasteiger partial charge in [0.05, 0.1) is 12.6 Å². The summed E-state index contributed by atoms with van der Waals surface area (Å²) >= 11 is 0.